The molecule has 0 atom stereocenters. The minimum absolute atomic E-state index is 0.318. The maximum Gasteiger partial charge on any atom is 0.277 e. The van der Waals surface area contributed by atoms with E-state index in [1.54, 1.807) is 13.3 Å². The first kappa shape index (κ1) is 18.9. The largest absolute Gasteiger partial charge is 0.497 e. The van der Waals surface area contributed by atoms with Gasteiger partial charge in [-0.15, -0.1) is 10.2 Å². The molecule has 3 aromatic heterocycles. The van der Waals surface area contributed by atoms with E-state index < -0.39 is 0 Å². The van der Waals surface area contributed by atoms with E-state index >= 15 is 0 Å². The Balaban J connectivity index is 1.34. The third-order valence-corrected chi connectivity index (χ3v) is 5.04. The van der Waals surface area contributed by atoms with Crippen LogP contribution in [0.5, 0.6) is 11.5 Å². The number of ether oxygens (including phenoxy) is 2. The smallest absolute Gasteiger partial charge is 0.277 e. The van der Waals surface area contributed by atoms with Crippen molar-refractivity contribution < 1.29 is 14.3 Å². The summed E-state index contributed by atoms with van der Waals surface area (Å²) in [5.74, 6) is 1.15. The number of carbonyl (C=O) groups excluding carboxylic acids is 1. The molecule has 0 saturated carbocycles. The lowest BCUT2D eigenvalue weighted by Gasteiger charge is -2.06. The van der Waals surface area contributed by atoms with E-state index in [9.17, 15) is 4.79 Å². The lowest BCUT2D eigenvalue weighted by atomic mass is 10.3. The Kier molecular flexibility index (Phi) is 5.39. The number of nitrogens with zero attached hydrogens (tertiary/aromatic N) is 4. The summed E-state index contributed by atoms with van der Waals surface area (Å²) in [6, 6.07) is 11.2. The molecule has 0 bridgehead atoms. The van der Waals surface area contributed by atoms with Crippen LogP contribution in [0.25, 0.3) is 5.65 Å². The number of fused-ring (bicyclic) bond motifs is 1. The first-order valence-electron chi connectivity index (χ1n) is 8.96. The quantitative estimate of drug-likeness (QED) is 0.503. The summed E-state index contributed by atoms with van der Waals surface area (Å²) in [5, 5.41) is 12.1. The molecule has 8 nitrogen and oxygen atoms in total. The summed E-state index contributed by atoms with van der Waals surface area (Å²) in [4.78, 5) is 16.8. The number of nitrogens with one attached hydrogen (secondary N) is 1. The Bertz CT molecular complexity index is 1150. The molecular weight excluding hydrogens is 390 g/mol. The average molecular weight is 409 g/mol. The Morgan fingerprint density at radius 2 is 2.03 bits per heavy atom. The normalized spacial score (nSPS) is 10.8. The number of aromatic nitrogens is 4. The van der Waals surface area contributed by atoms with Crippen LogP contribution >= 0.6 is 11.3 Å². The van der Waals surface area contributed by atoms with E-state index in [4.69, 9.17) is 9.47 Å². The molecule has 0 aliphatic heterocycles. The Labute approximate surface area is 171 Å². The molecule has 1 aromatic carbocycles. The third kappa shape index (κ3) is 4.52. The number of aryl methyl sites for hydroxylation is 1. The first-order chi connectivity index (χ1) is 14.1. The fourth-order valence-corrected chi connectivity index (χ4v) is 3.44. The van der Waals surface area contributed by atoms with Crippen LogP contribution in [0, 0.1) is 6.92 Å². The van der Waals surface area contributed by atoms with Gasteiger partial charge >= 0.3 is 0 Å². The summed E-state index contributed by atoms with van der Waals surface area (Å²) >= 11 is 1.31. The maximum absolute atomic E-state index is 12.5. The Hall–Kier alpha value is -3.46. The first-order valence-corrected chi connectivity index (χ1v) is 9.78. The number of pyridine rings is 1. The number of methoxy groups -OCH3 is 1. The molecular formula is C20H19N5O3S. The summed E-state index contributed by atoms with van der Waals surface area (Å²) in [5.41, 5.74) is 2.13. The molecule has 0 aliphatic carbocycles. The summed E-state index contributed by atoms with van der Waals surface area (Å²) in [6.07, 6.45) is 4.20. The van der Waals surface area contributed by atoms with Crippen LogP contribution in [-0.2, 0) is 6.42 Å². The Morgan fingerprint density at radius 1 is 1.17 bits per heavy atom. The number of imidazole rings is 1. The zero-order valence-corrected chi connectivity index (χ0v) is 16.8. The van der Waals surface area contributed by atoms with E-state index in [1.807, 2.05) is 53.9 Å². The zero-order chi connectivity index (χ0) is 20.2. The van der Waals surface area contributed by atoms with Gasteiger partial charge in [-0.3, -0.25) is 10.1 Å². The summed E-state index contributed by atoms with van der Waals surface area (Å²) in [7, 11) is 1.61. The number of hydrogen-bond acceptors (Lipinski definition) is 7. The minimum atomic E-state index is -0.318. The van der Waals surface area contributed by atoms with E-state index in [1.165, 1.54) is 11.3 Å². The van der Waals surface area contributed by atoms with Gasteiger partial charge in [0.1, 0.15) is 27.8 Å². The van der Waals surface area contributed by atoms with Crippen LogP contribution in [-0.4, -0.2) is 39.2 Å². The van der Waals surface area contributed by atoms with Gasteiger partial charge < -0.3 is 13.9 Å². The topological polar surface area (TPSA) is 90.6 Å². The van der Waals surface area contributed by atoms with Crippen molar-refractivity contribution in [3.05, 3.63) is 65.1 Å². The number of carbonyl (C=O) groups is 1. The van der Waals surface area contributed by atoms with Crippen molar-refractivity contribution in [1.82, 2.24) is 19.6 Å². The lowest BCUT2D eigenvalue weighted by molar-refractivity contribution is 0.102. The molecule has 29 heavy (non-hydrogen) atoms. The highest BCUT2D eigenvalue weighted by Gasteiger charge is 2.14. The second-order valence-electron chi connectivity index (χ2n) is 6.33. The molecule has 4 aromatic rings. The Morgan fingerprint density at radius 3 is 2.90 bits per heavy atom. The van der Waals surface area contributed by atoms with Crippen molar-refractivity contribution in [3.63, 3.8) is 0 Å². The highest BCUT2D eigenvalue weighted by atomic mass is 32.1. The summed E-state index contributed by atoms with van der Waals surface area (Å²) < 4.78 is 12.7. The molecule has 4 rings (SSSR count). The summed E-state index contributed by atoms with van der Waals surface area (Å²) in [6.45, 7) is 2.43. The van der Waals surface area contributed by atoms with E-state index in [0.717, 1.165) is 22.1 Å². The fourth-order valence-electron chi connectivity index (χ4n) is 2.73. The second-order valence-corrected chi connectivity index (χ2v) is 7.39. The van der Waals surface area contributed by atoms with Gasteiger partial charge in [-0.2, -0.15) is 0 Å². The number of amides is 1. The monoisotopic (exact) mass is 409 g/mol. The van der Waals surface area contributed by atoms with Crippen molar-refractivity contribution in [2.45, 2.75) is 13.3 Å². The molecule has 0 saturated heterocycles. The fraction of sp³-hybridized carbons (Fsp3) is 0.200. The van der Waals surface area contributed by atoms with Crippen LogP contribution in [0.1, 0.15) is 21.1 Å². The van der Waals surface area contributed by atoms with Crippen molar-refractivity contribution in [3.8, 4) is 11.5 Å². The predicted octanol–water partition coefficient (Wildman–Crippen LogP) is 3.38. The van der Waals surface area contributed by atoms with Gasteiger partial charge in [0.2, 0.25) is 5.13 Å². The van der Waals surface area contributed by atoms with Crippen LogP contribution in [0.4, 0.5) is 5.13 Å². The molecule has 1 amide bonds. The third-order valence-electron chi connectivity index (χ3n) is 4.14. The molecule has 1 N–H and O–H groups in total. The van der Waals surface area contributed by atoms with Crippen molar-refractivity contribution >= 4 is 28.0 Å². The molecule has 0 aliphatic rings. The zero-order valence-electron chi connectivity index (χ0n) is 16.0. The highest BCUT2D eigenvalue weighted by Crippen LogP contribution is 2.20. The van der Waals surface area contributed by atoms with Gasteiger partial charge in [0.15, 0.2) is 0 Å². The van der Waals surface area contributed by atoms with Crippen LogP contribution in [0.3, 0.4) is 0 Å². The van der Waals surface area contributed by atoms with Gasteiger partial charge in [-0.05, 0) is 30.7 Å². The van der Waals surface area contributed by atoms with Crippen LogP contribution in [0.2, 0.25) is 0 Å². The number of rotatable bonds is 7. The van der Waals surface area contributed by atoms with Gasteiger partial charge in [0, 0.05) is 24.9 Å². The molecule has 0 radical (unpaired) electrons. The predicted molar refractivity (Wildman–Crippen MR) is 110 cm³/mol. The molecule has 0 unspecified atom stereocenters. The average Bonchev–Trinajstić information content (AvgIpc) is 3.34. The van der Waals surface area contributed by atoms with Crippen LogP contribution in [0.15, 0.2) is 48.8 Å². The SMILES string of the molecule is COc1cccc(OCCc2nnc(NC(=O)c3cn4cc(C)ccc4n3)s2)c1. The standard InChI is InChI=1S/C20H19N5O3S/c1-13-6-7-17-21-16(12-25(17)11-13)19(26)22-20-24-23-18(29-20)8-9-28-15-5-3-4-14(10-15)27-2/h3-7,10-12H,8-9H2,1-2H3,(H,22,24,26). The van der Waals surface area contributed by atoms with E-state index in [2.05, 4.69) is 20.5 Å². The lowest BCUT2D eigenvalue weighted by Crippen LogP contribution is -2.12. The highest BCUT2D eigenvalue weighted by molar-refractivity contribution is 7.15. The van der Waals surface area contributed by atoms with E-state index in [0.29, 0.717) is 29.5 Å². The van der Waals surface area contributed by atoms with Crippen LogP contribution < -0.4 is 14.8 Å². The van der Waals surface area contributed by atoms with Gasteiger partial charge in [-0.1, -0.05) is 23.5 Å². The van der Waals surface area contributed by atoms with E-state index in [-0.39, 0.29) is 5.91 Å². The molecule has 9 heteroatoms. The number of hydrogen-bond donors (Lipinski definition) is 1. The number of benzene rings is 1. The van der Waals surface area contributed by atoms with Gasteiger partial charge in [0.25, 0.3) is 5.91 Å². The van der Waals surface area contributed by atoms with Crippen molar-refractivity contribution in [2.75, 3.05) is 19.0 Å². The van der Waals surface area contributed by atoms with Gasteiger partial charge in [-0.25, -0.2) is 4.98 Å². The number of anilines is 1. The maximum atomic E-state index is 12.5. The van der Waals surface area contributed by atoms with Crippen molar-refractivity contribution in [2.24, 2.45) is 0 Å². The molecule has 0 fully saturated rings. The molecule has 148 valence electrons. The molecule has 3 heterocycles. The van der Waals surface area contributed by atoms with Gasteiger partial charge in [0.05, 0.1) is 13.7 Å². The minimum Gasteiger partial charge on any atom is -0.497 e. The molecule has 0 spiro atoms. The second kappa shape index (κ2) is 8.27. The van der Waals surface area contributed by atoms with Crippen molar-refractivity contribution in [1.29, 1.82) is 0 Å².